The highest BCUT2D eigenvalue weighted by Crippen LogP contribution is 2.15. The second kappa shape index (κ2) is 8.60. The second-order valence-corrected chi connectivity index (χ2v) is 6.34. The lowest BCUT2D eigenvalue weighted by atomic mass is 10.2. The van der Waals surface area contributed by atoms with E-state index in [4.69, 9.17) is 0 Å². The van der Waals surface area contributed by atoms with Crippen LogP contribution in [0.3, 0.4) is 0 Å². The van der Waals surface area contributed by atoms with Crippen LogP contribution in [0.5, 0.6) is 0 Å². The third kappa shape index (κ3) is 4.70. The van der Waals surface area contributed by atoms with Crippen molar-refractivity contribution in [1.82, 2.24) is 20.2 Å². The smallest absolute Gasteiger partial charge is 0.251 e. The van der Waals surface area contributed by atoms with Crippen LogP contribution in [-0.2, 0) is 11.3 Å². The number of para-hydroxylation sites is 2. The molecule has 0 saturated carbocycles. The quantitative estimate of drug-likeness (QED) is 0.613. The fourth-order valence-electron chi connectivity index (χ4n) is 2.95. The topological polar surface area (TPSA) is 76.0 Å². The van der Waals surface area contributed by atoms with Gasteiger partial charge in [-0.05, 0) is 37.6 Å². The van der Waals surface area contributed by atoms with Crippen LogP contribution < -0.4 is 10.6 Å². The number of fused-ring (bicyclic) bond motifs is 1. The zero-order chi connectivity index (χ0) is 20.1. The van der Waals surface area contributed by atoms with Gasteiger partial charge in [-0.25, -0.2) is 13.8 Å². The van der Waals surface area contributed by atoms with E-state index in [-0.39, 0.29) is 18.0 Å². The summed E-state index contributed by atoms with van der Waals surface area (Å²) in [6.45, 7) is 2.78. The van der Waals surface area contributed by atoms with Gasteiger partial charge in [-0.2, -0.15) is 0 Å². The number of halogens is 2. The fourth-order valence-corrected chi connectivity index (χ4v) is 2.95. The molecular weight excluding hydrogens is 366 g/mol. The Labute approximate surface area is 160 Å². The predicted octanol–water partition coefficient (Wildman–Crippen LogP) is 2.56. The van der Waals surface area contributed by atoms with Gasteiger partial charge in [-0.1, -0.05) is 12.1 Å². The number of benzene rings is 2. The monoisotopic (exact) mass is 386 g/mol. The van der Waals surface area contributed by atoms with Crippen LogP contribution >= 0.6 is 0 Å². The number of imidazole rings is 1. The largest absolute Gasteiger partial charge is 0.355 e. The van der Waals surface area contributed by atoms with Crippen LogP contribution in [0.25, 0.3) is 11.0 Å². The van der Waals surface area contributed by atoms with Gasteiger partial charge in [0.2, 0.25) is 5.91 Å². The molecule has 0 aliphatic heterocycles. The van der Waals surface area contributed by atoms with Crippen LogP contribution in [0, 0.1) is 18.6 Å². The molecular formula is C20H20F2N4O2. The molecule has 0 bridgehead atoms. The van der Waals surface area contributed by atoms with E-state index in [0.717, 1.165) is 29.0 Å². The molecule has 28 heavy (non-hydrogen) atoms. The van der Waals surface area contributed by atoms with Gasteiger partial charge in [0.25, 0.3) is 5.91 Å². The zero-order valence-corrected chi connectivity index (χ0v) is 15.3. The molecule has 2 aromatic carbocycles. The summed E-state index contributed by atoms with van der Waals surface area (Å²) in [4.78, 5) is 28.2. The molecule has 0 spiro atoms. The first kappa shape index (κ1) is 19.5. The summed E-state index contributed by atoms with van der Waals surface area (Å²) in [5, 5.41) is 5.05. The lowest BCUT2D eigenvalue weighted by molar-refractivity contribution is -0.120. The van der Waals surface area contributed by atoms with E-state index in [1.54, 1.807) is 0 Å². The Morgan fingerprint density at radius 2 is 1.79 bits per heavy atom. The number of carbonyl (C=O) groups excluding carboxylic acids is 2. The Bertz CT molecular complexity index is 996. The summed E-state index contributed by atoms with van der Waals surface area (Å²) >= 11 is 0. The van der Waals surface area contributed by atoms with E-state index < -0.39 is 17.5 Å². The first-order chi connectivity index (χ1) is 13.4. The van der Waals surface area contributed by atoms with Gasteiger partial charge in [-0.15, -0.1) is 0 Å². The van der Waals surface area contributed by atoms with Gasteiger partial charge in [-0.3, -0.25) is 9.59 Å². The van der Waals surface area contributed by atoms with Crippen LogP contribution in [0.15, 0.2) is 42.5 Å². The van der Waals surface area contributed by atoms with Gasteiger partial charge in [0, 0.05) is 24.7 Å². The number of aryl methyl sites for hydroxylation is 2. The number of aromatic nitrogens is 2. The SMILES string of the molecule is Cc1nc2ccccc2n1CCCNC(=O)CNC(=O)c1cc(F)cc(F)c1. The number of nitrogens with one attached hydrogen (secondary N) is 2. The van der Waals surface area contributed by atoms with Crippen molar-refractivity contribution in [3.63, 3.8) is 0 Å². The standard InChI is InChI=1S/C20H20F2N4O2/c1-13-25-17-5-2-3-6-18(17)26(13)8-4-7-23-19(27)12-24-20(28)14-9-15(21)11-16(22)10-14/h2-3,5-6,9-11H,4,7-8,12H2,1H3,(H,23,27)(H,24,28). The molecule has 0 aliphatic carbocycles. The number of amides is 2. The van der Waals surface area contributed by atoms with Crippen molar-refractivity contribution in [2.75, 3.05) is 13.1 Å². The molecule has 6 nitrogen and oxygen atoms in total. The van der Waals surface area contributed by atoms with Gasteiger partial charge >= 0.3 is 0 Å². The summed E-state index contributed by atoms with van der Waals surface area (Å²) in [7, 11) is 0. The second-order valence-electron chi connectivity index (χ2n) is 6.34. The number of carbonyl (C=O) groups is 2. The first-order valence-corrected chi connectivity index (χ1v) is 8.87. The van der Waals surface area contributed by atoms with E-state index in [0.29, 0.717) is 25.6 Å². The Morgan fingerprint density at radius 1 is 1.07 bits per heavy atom. The number of nitrogens with zero attached hydrogens (tertiary/aromatic N) is 2. The maximum Gasteiger partial charge on any atom is 0.251 e. The van der Waals surface area contributed by atoms with Gasteiger partial charge in [0.05, 0.1) is 17.6 Å². The first-order valence-electron chi connectivity index (χ1n) is 8.87. The number of hydrogen-bond acceptors (Lipinski definition) is 3. The molecule has 2 N–H and O–H groups in total. The summed E-state index contributed by atoms with van der Waals surface area (Å²) < 4.78 is 28.3. The highest BCUT2D eigenvalue weighted by Gasteiger charge is 2.11. The highest BCUT2D eigenvalue weighted by molar-refractivity contribution is 5.96. The summed E-state index contributed by atoms with van der Waals surface area (Å²) in [5.41, 5.74) is 1.80. The van der Waals surface area contributed by atoms with Crippen molar-refractivity contribution >= 4 is 22.8 Å². The van der Waals surface area contributed by atoms with Crippen molar-refractivity contribution in [2.45, 2.75) is 19.9 Å². The van der Waals surface area contributed by atoms with Crippen LogP contribution in [0.1, 0.15) is 22.6 Å². The fraction of sp³-hybridized carbons (Fsp3) is 0.250. The van der Waals surface area contributed by atoms with Crippen LogP contribution in [-0.4, -0.2) is 34.5 Å². The van der Waals surface area contributed by atoms with Crippen molar-refractivity contribution < 1.29 is 18.4 Å². The zero-order valence-electron chi connectivity index (χ0n) is 15.3. The predicted molar refractivity (Wildman–Crippen MR) is 101 cm³/mol. The molecule has 2 amide bonds. The average molecular weight is 386 g/mol. The van der Waals surface area contributed by atoms with E-state index in [2.05, 4.69) is 20.2 Å². The van der Waals surface area contributed by atoms with E-state index in [1.165, 1.54) is 0 Å². The maximum absolute atomic E-state index is 13.1. The van der Waals surface area contributed by atoms with Gasteiger partial charge < -0.3 is 15.2 Å². The third-order valence-corrected chi connectivity index (χ3v) is 4.26. The molecule has 0 atom stereocenters. The summed E-state index contributed by atoms with van der Waals surface area (Å²) in [5.74, 6) is -1.89. The molecule has 0 fully saturated rings. The lowest BCUT2D eigenvalue weighted by Gasteiger charge is -2.09. The normalized spacial score (nSPS) is 10.8. The van der Waals surface area contributed by atoms with E-state index in [9.17, 15) is 18.4 Å². The molecule has 3 rings (SSSR count). The number of rotatable bonds is 7. The molecule has 146 valence electrons. The summed E-state index contributed by atoms with van der Waals surface area (Å²) in [6.07, 6.45) is 0.690. The molecule has 0 radical (unpaired) electrons. The number of hydrogen-bond donors (Lipinski definition) is 2. The minimum Gasteiger partial charge on any atom is -0.355 e. The minimum absolute atomic E-state index is 0.173. The molecule has 3 aromatic rings. The Balaban J connectivity index is 1.43. The molecule has 0 aliphatic rings. The summed E-state index contributed by atoms with van der Waals surface area (Å²) in [6, 6.07) is 10.3. The molecule has 1 aromatic heterocycles. The van der Waals surface area contributed by atoms with Crippen LogP contribution in [0.2, 0.25) is 0 Å². The molecule has 0 unspecified atom stereocenters. The molecule has 1 heterocycles. The minimum atomic E-state index is -0.850. The lowest BCUT2D eigenvalue weighted by Crippen LogP contribution is -2.37. The van der Waals surface area contributed by atoms with Crippen molar-refractivity contribution in [1.29, 1.82) is 0 Å². The van der Waals surface area contributed by atoms with Crippen LogP contribution in [0.4, 0.5) is 8.78 Å². The highest BCUT2D eigenvalue weighted by atomic mass is 19.1. The van der Waals surface area contributed by atoms with Gasteiger partial charge in [0.1, 0.15) is 17.5 Å². The average Bonchev–Trinajstić information content (AvgIpc) is 2.97. The Hall–Kier alpha value is -3.29. The third-order valence-electron chi connectivity index (χ3n) is 4.26. The van der Waals surface area contributed by atoms with Crippen molar-refractivity contribution in [3.8, 4) is 0 Å². The van der Waals surface area contributed by atoms with Crippen molar-refractivity contribution in [2.24, 2.45) is 0 Å². The van der Waals surface area contributed by atoms with Crippen molar-refractivity contribution in [3.05, 3.63) is 65.5 Å². The molecule has 0 saturated heterocycles. The van der Waals surface area contributed by atoms with E-state index >= 15 is 0 Å². The maximum atomic E-state index is 13.1. The Kier molecular flexibility index (Phi) is 5.98. The molecule has 8 heteroatoms. The van der Waals surface area contributed by atoms with E-state index in [1.807, 2.05) is 31.2 Å². The van der Waals surface area contributed by atoms with Gasteiger partial charge in [0.15, 0.2) is 0 Å². The Morgan fingerprint density at radius 3 is 2.54 bits per heavy atom.